The highest BCUT2D eigenvalue weighted by Crippen LogP contribution is 2.42. The lowest BCUT2D eigenvalue weighted by atomic mass is 9.99. The average molecular weight is 638 g/mol. The maximum atomic E-state index is 13.5. The van der Waals surface area contributed by atoms with Gasteiger partial charge in [0.1, 0.15) is 17.9 Å². The van der Waals surface area contributed by atoms with Crippen molar-refractivity contribution in [2.75, 3.05) is 5.88 Å². The van der Waals surface area contributed by atoms with Gasteiger partial charge in [-0.15, -0.1) is 11.8 Å². The summed E-state index contributed by atoms with van der Waals surface area (Å²) in [6.07, 6.45) is 6.27. The highest BCUT2D eigenvalue weighted by atomic mass is 32.2. The predicted octanol–water partition coefficient (Wildman–Crippen LogP) is 4.65. The second kappa shape index (κ2) is 15.0. The summed E-state index contributed by atoms with van der Waals surface area (Å²) < 4.78 is 27.1. The molecule has 1 aliphatic rings. The van der Waals surface area contributed by atoms with Crippen molar-refractivity contribution in [1.29, 1.82) is 0 Å². The van der Waals surface area contributed by atoms with E-state index in [1.807, 2.05) is 18.2 Å². The van der Waals surface area contributed by atoms with E-state index < -0.39 is 38.7 Å². The monoisotopic (exact) mass is 637 g/mol. The molecule has 1 aromatic heterocycles. The first-order chi connectivity index (χ1) is 21.0. The van der Waals surface area contributed by atoms with Crippen LogP contribution in [-0.4, -0.2) is 63.2 Å². The number of unbranched alkanes of at least 4 members (excludes halogenated alkanes) is 2. The van der Waals surface area contributed by atoms with Gasteiger partial charge in [-0.25, -0.2) is 13.2 Å². The van der Waals surface area contributed by atoms with E-state index in [0.29, 0.717) is 18.4 Å². The molecule has 0 spiro atoms. The maximum absolute atomic E-state index is 13.5. The third kappa shape index (κ3) is 8.77. The molecule has 1 fully saturated rings. The lowest BCUT2D eigenvalue weighted by Crippen LogP contribution is -2.56. The summed E-state index contributed by atoms with van der Waals surface area (Å²) in [7, 11) is -3.98. The van der Waals surface area contributed by atoms with Gasteiger partial charge in [-0.1, -0.05) is 55.0 Å². The van der Waals surface area contributed by atoms with Gasteiger partial charge in [0.05, 0.1) is 10.8 Å². The highest BCUT2D eigenvalue weighted by molar-refractivity contribution is 8.02. The van der Waals surface area contributed by atoms with Crippen molar-refractivity contribution in [3.05, 3.63) is 95.8 Å². The number of aliphatic carboxylic acids is 1. The topological polar surface area (TPSA) is 134 Å². The van der Waals surface area contributed by atoms with Gasteiger partial charge >= 0.3 is 5.97 Å². The largest absolute Gasteiger partial charge is 0.480 e. The fraction of sp³-hybridized carbons (Fsp3) is 0.394. The first-order valence-electron chi connectivity index (χ1n) is 14.7. The summed E-state index contributed by atoms with van der Waals surface area (Å²) in [5, 5.41) is 12.5. The summed E-state index contributed by atoms with van der Waals surface area (Å²) >= 11 is 1.33. The number of sulfonamides is 1. The number of ketones is 1. The molecule has 4 rings (SSSR count). The number of hydrogen-bond donors (Lipinski definition) is 2. The van der Waals surface area contributed by atoms with Gasteiger partial charge in [0.25, 0.3) is 0 Å². The standard InChI is InChI=1S/C33H39N3O6S2/c1-33(2)30(36(23-43-33)44(41,42)28-14-7-4-8-15-28)31(38)35-29(32(39)40)22-25-18-16-24(17-19-25)21-27(37)13-6-3-5-11-26-12-9-10-20-34-26/h4,7-10,12,14-20,29-30H,3,5-6,11,13,21-23H2,1-2H3,(H,35,38)(H,39,40)/t29-,30+/m0/s1. The molecular weight excluding hydrogens is 599 g/mol. The van der Waals surface area contributed by atoms with Crippen LogP contribution in [0.25, 0.3) is 0 Å². The van der Waals surface area contributed by atoms with Crippen LogP contribution in [-0.2, 0) is 43.7 Å². The van der Waals surface area contributed by atoms with Crippen LogP contribution in [0.4, 0.5) is 0 Å². The average Bonchev–Trinajstić information content (AvgIpc) is 3.34. The first kappa shape index (κ1) is 33.4. The van der Waals surface area contributed by atoms with Crippen molar-refractivity contribution in [2.45, 2.75) is 80.5 Å². The van der Waals surface area contributed by atoms with E-state index >= 15 is 0 Å². The van der Waals surface area contributed by atoms with Gasteiger partial charge in [0.15, 0.2) is 0 Å². The number of rotatable bonds is 15. The Hall–Kier alpha value is -3.54. The zero-order valence-corrected chi connectivity index (χ0v) is 26.6. The molecule has 0 unspecified atom stereocenters. The van der Waals surface area contributed by atoms with Crippen LogP contribution >= 0.6 is 11.8 Å². The van der Waals surface area contributed by atoms with Crippen molar-refractivity contribution in [3.8, 4) is 0 Å². The SMILES string of the molecule is CC1(C)SCN(S(=O)(=O)c2ccccc2)[C@@H]1C(=O)N[C@@H](Cc1ccc(CC(=O)CCCCCc2ccccn2)cc1)C(=O)O. The summed E-state index contributed by atoms with van der Waals surface area (Å²) in [6, 6.07) is 18.5. The number of nitrogens with one attached hydrogen (secondary N) is 1. The van der Waals surface area contributed by atoms with Gasteiger partial charge in [0, 0.05) is 35.9 Å². The lowest BCUT2D eigenvalue weighted by Gasteiger charge is -2.31. The Morgan fingerprint density at radius 2 is 1.66 bits per heavy atom. The minimum Gasteiger partial charge on any atom is -0.480 e. The fourth-order valence-electron chi connectivity index (χ4n) is 5.26. The number of hydrogen-bond acceptors (Lipinski definition) is 7. The smallest absolute Gasteiger partial charge is 0.326 e. The molecule has 1 aliphatic heterocycles. The van der Waals surface area contributed by atoms with Crippen LogP contribution in [0.3, 0.4) is 0 Å². The molecule has 9 nitrogen and oxygen atoms in total. The van der Waals surface area contributed by atoms with Crippen molar-refractivity contribution >= 4 is 39.4 Å². The molecule has 0 aliphatic carbocycles. The van der Waals surface area contributed by atoms with Crippen LogP contribution in [0.5, 0.6) is 0 Å². The normalized spacial score (nSPS) is 17.2. The summed E-state index contributed by atoms with van der Waals surface area (Å²) in [4.78, 5) is 42.5. The Labute approximate surface area is 263 Å². The molecule has 0 saturated carbocycles. The van der Waals surface area contributed by atoms with Crippen LogP contribution in [0.1, 0.15) is 56.4 Å². The molecule has 2 N–H and O–H groups in total. The summed E-state index contributed by atoms with van der Waals surface area (Å²) in [5.41, 5.74) is 2.58. The molecule has 3 aromatic rings. The molecule has 0 bridgehead atoms. The number of pyridine rings is 1. The van der Waals surface area contributed by atoms with Gasteiger partial charge in [-0.05, 0) is 68.5 Å². The third-order valence-corrected chi connectivity index (χ3v) is 11.1. The number of carbonyl (C=O) groups is 3. The van der Waals surface area contributed by atoms with E-state index in [1.165, 1.54) is 23.9 Å². The molecule has 1 saturated heterocycles. The second-order valence-corrected chi connectivity index (χ2v) is 15.0. The summed E-state index contributed by atoms with van der Waals surface area (Å²) in [5.74, 6) is -1.65. The number of carboxylic acid groups (broad SMARTS) is 1. The number of thioether (sulfide) groups is 1. The highest BCUT2D eigenvalue weighted by Gasteiger charge is 2.51. The molecular formula is C33H39N3O6S2. The number of Topliss-reactive ketones (excluding diaryl/α,β-unsaturated/α-hetero) is 1. The van der Waals surface area contributed by atoms with Crippen LogP contribution in [0.2, 0.25) is 0 Å². The molecule has 2 heterocycles. The second-order valence-electron chi connectivity index (χ2n) is 11.5. The van der Waals surface area contributed by atoms with Crippen molar-refractivity contribution in [2.24, 2.45) is 0 Å². The molecule has 11 heteroatoms. The number of aryl methyl sites for hydroxylation is 1. The van der Waals surface area contributed by atoms with E-state index in [2.05, 4.69) is 10.3 Å². The Kier molecular flexibility index (Phi) is 11.3. The van der Waals surface area contributed by atoms with E-state index in [4.69, 9.17) is 0 Å². The first-order valence-corrected chi connectivity index (χ1v) is 17.1. The number of carbonyl (C=O) groups excluding carboxylic acids is 2. The van der Waals surface area contributed by atoms with Crippen molar-refractivity contribution < 1.29 is 27.9 Å². The quantitative estimate of drug-likeness (QED) is 0.230. The predicted molar refractivity (Wildman–Crippen MR) is 171 cm³/mol. The molecule has 2 atom stereocenters. The van der Waals surface area contributed by atoms with Gasteiger partial charge in [-0.3, -0.25) is 14.6 Å². The van der Waals surface area contributed by atoms with Crippen LogP contribution < -0.4 is 5.32 Å². The Morgan fingerprint density at radius 1 is 0.977 bits per heavy atom. The van der Waals surface area contributed by atoms with Crippen LogP contribution in [0.15, 0.2) is 83.9 Å². The number of nitrogens with zero attached hydrogens (tertiary/aromatic N) is 2. The van der Waals surface area contributed by atoms with Gasteiger partial charge in [-0.2, -0.15) is 4.31 Å². The Bertz CT molecular complexity index is 1530. The number of aromatic nitrogens is 1. The maximum Gasteiger partial charge on any atom is 0.326 e. The van der Waals surface area contributed by atoms with Gasteiger partial charge in [0.2, 0.25) is 15.9 Å². The third-order valence-electron chi connectivity index (χ3n) is 7.70. The van der Waals surface area contributed by atoms with Gasteiger partial charge < -0.3 is 10.4 Å². The van der Waals surface area contributed by atoms with E-state index in [1.54, 1.807) is 62.5 Å². The minimum atomic E-state index is -3.98. The lowest BCUT2D eigenvalue weighted by molar-refractivity contribution is -0.142. The van der Waals surface area contributed by atoms with E-state index in [0.717, 1.165) is 41.2 Å². The molecule has 2 aromatic carbocycles. The zero-order chi connectivity index (χ0) is 31.7. The number of benzene rings is 2. The number of carboxylic acids is 1. The van der Waals surface area contributed by atoms with Crippen molar-refractivity contribution in [3.63, 3.8) is 0 Å². The minimum absolute atomic E-state index is 0.0112. The molecule has 1 amide bonds. The molecule has 234 valence electrons. The van der Waals surface area contributed by atoms with Crippen LogP contribution in [0, 0.1) is 0 Å². The Morgan fingerprint density at radius 3 is 2.32 bits per heavy atom. The zero-order valence-electron chi connectivity index (χ0n) is 25.0. The molecule has 44 heavy (non-hydrogen) atoms. The fourth-order valence-corrected chi connectivity index (χ4v) is 8.45. The van der Waals surface area contributed by atoms with Crippen molar-refractivity contribution in [1.82, 2.24) is 14.6 Å². The number of amides is 1. The van der Waals surface area contributed by atoms with E-state index in [9.17, 15) is 27.9 Å². The van der Waals surface area contributed by atoms with E-state index in [-0.39, 0.29) is 23.0 Å². The Balaban J connectivity index is 1.31. The summed E-state index contributed by atoms with van der Waals surface area (Å²) in [6.45, 7) is 3.56. The molecule has 0 radical (unpaired) electrons.